The fourth-order valence-corrected chi connectivity index (χ4v) is 1.35. The van der Waals surface area contributed by atoms with Crippen molar-refractivity contribution in [3.8, 4) is 17.2 Å². The number of carbonyl (C=O) groups is 1. The summed E-state index contributed by atoms with van der Waals surface area (Å²) in [5.74, 6) is 1.66. The fraction of sp³-hybridized carbons (Fsp3) is 0.364. The number of ether oxygens (including phenoxy) is 3. The molecule has 1 aromatic carbocycles. The van der Waals surface area contributed by atoms with Crippen LogP contribution in [0.2, 0.25) is 0 Å². The van der Waals surface area contributed by atoms with E-state index in [2.05, 4.69) is 0 Å². The topological polar surface area (TPSA) is 44.8 Å². The van der Waals surface area contributed by atoms with E-state index in [1.54, 1.807) is 33.5 Å². The SMILES string of the molecule is COc1cc(CC=O)cc(OC)c1OC. The normalized spacial score (nSPS) is 9.53. The first-order valence-corrected chi connectivity index (χ1v) is 4.49. The van der Waals surface area contributed by atoms with Crippen LogP contribution in [-0.2, 0) is 11.2 Å². The van der Waals surface area contributed by atoms with Gasteiger partial charge in [0.1, 0.15) is 6.29 Å². The molecule has 4 heteroatoms. The Morgan fingerprint density at radius 2 is 1.60 bits per heavy atom. The second kappa shape index (κ2) is 5.24. The van der Waals surface area contributed by atoms with Gasteiger partial charge < -0.3 is 19.0 Å². The van der Waals surface area contributed by atoms with Crippen LogP contribution in [0.5, 0.6) is 17.2 Å². The van der Waals surface area contributed by atoms with Crippen molar-refractivity contribution in [3.63, 3.8) is 0 Å². The second-order valence-corrected chi connectivity index (χ2v) is 2.90. The van der Waals surface area contributed by atoms with Crippen LogP contribution in [0.3, 0.4) is 0 Å². The molecule has 0 N–H and O–H groups in total. The van der Waals surface area contributed by atoms with Crippen molar-refractivity contribution >= 4 is 6.29 Å². The average molecular weight is 210 g/mol. The Labute approximate surface area is 88.8 Å². The average Bonchev–Trinajstić information content (AvgIpc) is 2.28. The summed E-state index contributed by atoms with van der Waals surface area (Å²) in [4.78, 5) is 10.4. The Bertz CT molecular complexity index is 321. The van der Waals surface area contributed by atoms with Crippen LogP contribution in [0.4, 0.5) is 0 Å². The molecule has 0 radical (unpaired) electrons. The minimum atomic E-state index is 0.330. The third-order valence-corrected chi connectivity index (χ3v) is 2.04. The summed E-state index contributed by atoms with van der Waals surface area (Å²) >= 11 is 0. The number of hydrogen-bond acceptors (Lipinski definition) is 4. The summed E-state index contributed by atoms with van der Waals surface area (Å²) in [5, 5.41) is 0. The largest absolute Gasteiger partial charge is 0.493 e. The Morgan fingerprint density at radius 3 is 1.93 bits per heavy atom. The fourth-order valence-electron chi connectivity index (χ4n) is 1.35. The smallest absolute Gasteiger partial charge is 0.203 e. The molecule has 0 atom stereocenters. The summed E-state index contributed by atoms with van der Waals surface area (Å²) in [6.45, 7) is 0. The van der Waals surface area contributed by atoms with Gasteiger partial charge in [-0.1, -0.05) is 0 Å². The molecule has 0 aromatic heterocycles. The van der Waals surface area contributed by atoms with Gasteiger partial charge in [0, 0.05) is 6.42 Å². The van der Waals surface area contributed by atoms with Gasteiger partial charge in [-0.05, 0) is 17.7 Å². The van der Waals surface area contributed by atoms with Crippen molar-refractivity contribution in [2.75, 3.05) is 21.3 Å². The van der Waals surface area contributed by atoms with E-state index in [4.69, 9.17) is 14.2 Å². The summed E-state index contributed by atoms with van der Waals surface area (Å²) < 4.78 is 15.4. The molecule has 0 saturated heterocycles. The molecule has 0 fully saturated rings. The highest BCUT2D eigenvalue weighted by molar-refractivity contribution is 5.60. The van der Waals surface area contributed by atoms with E-state index in [1.807, 2.05) is 0 Å². The van der Waals surface area contributed by atoms with Gasteiger partial charge in [-0.2, -0.15) is 0 Å². The van der Waals surface area contributed by atoms with Crippen molar-refractivity contribution in [3.05, 3.63) is 17.7 Å². The third kappa shape index (κ3) is 2.40. The quantitative estimate of drug-likeness (QED) is 0.690. The van der Waals surface area contributed by atoms with E-state index in [0.717, 1.165) is 11.8 Å². The third-order valence-electron chi connectivity index (χ3n) is 2.04. The molecule has 0 aliphatic rings. The van der Waals surface area contributed by atoms with Crippen molar-refractivity contribution in [2.45, 2.75) is 6.42 Å². The Hall–Kier alpha value is -1.71. The van der Waals surface area contributed by atoms with E-state index in [1.165, 1.54) is 0 Å². The van der Waals surface area contributed by atoms with Crippen LogP contribution in [-0.4, -0.2) is 27.6 Å². The molecule has 0 unspecified atom stereocenters. The zero-order chi connectivity index (χ0) is 11.3. The van der Waals surface area contributed by atoms with Crippen molar-refractivity contribution in [2.24, 2.45) is 0 Å². The van der Waals surface area contributed by atoms with Crippen LogP contribution in [0.15, 0.2) is 12.1 Å². The lowest BCUT2D eigenvalue weighted by molar-refractivity contribution is -0.107. The molecule has 1 rings (SSSR count). The van der Waals surface area contributed by atoms with Crippen molar-refractivity contribution in [1.82, 2.24) is 0 Å². The first kappa shape index (κ1) is 11.4. The summed E-state index contributed by atoms with van der Waals surface area (Å²) in [6.07, 6.45) is 1.16. The summed E-state index contributed by atoms with van der Waals surface area (Å²) in [5.41, 5.74) is 0.833. The van der Waals surface area contributed by atoms with E-state index >= 15 is 0 Å². The van der Waals surface area contributed by atoms with E-state index in [-0.39, 0.29) is 0 Å². The van der Waals surface area contributed by atoms with Crippen LogP contribution in [0.1, 0.15) is 5.56 Å². The standard InChI is InChI=1S/C11H14O4/c1-13-9-6-8(4-5-12)7-10(14-2)11(9)15-3/h5-7H,4H2,1-3H3. The van der Waals surface area contributed by atoms with E-state index in [9.17, 15) is 4.79 Å². The van der Waals surface area contributed by atoms with Gasteiger partial charge in [0.25, 0.3) is 0 Å². The van der Waals surface area contributed by atoms with Gasteiger partial charge in [-0.3, -0.25) is 0 Å². The van der Waals surface area contributed by atoms with Gasteiger partial charge in [-0.15, -0.1) is 0 Å². The van der Waals surface area contributed by atoms with Gasteiger partial charge in [0.05, 0.1) is 21.3 Å². The van der Waals surface area contributed by atoms with Gasteiger partial charge in [-0.25, -0.2) is 0 Å². The number of aldehydes is 1. The van der Waals surface area contributed by atoms with Crippen molar-refractivity contribution in [1.29, 1.82) is 0 Å². The lowest BCUT2D eigenvalue weighted by atomic mass is 10.1. The van der Waals surface area contributed by atoms with E-state index < -0.39 is 0 Å². The van der Waals surface area contributed by atoms with Crippen molar-refractivity contribution < 1.29 is 19.0 Å². The molecule has 0 amide bonds. The molecule has 1 aromatic rings. The molecule has 15 heavy (non-hydrogen) atoms. The predicted octanol–water partition coefficient (Wildman–Crippen LogP) is 1.45. The van der Waals surface area contributed by atoms with Crippen LogP contribution >= 0.6 is 0 Å². The first-order valence-electron chi connectivity index (χ1n) is 4.49. The van der Waals surface area contributed by atoms with Gasteiger partial charge in [0.2, 0.25) is 5.75 Å². The summed E-state index contributed by atoms with van der Waals surface area (Å²) in [6, 6.07) is 3.52. The number of methoxy groups -OCH3 is 3. The minimum absolute atomic E-state index is 0.330. The predicted molar refractivity (Wildman–Crippen MR) is 55.9 cm³/mol. The zero-order valence-corrected chi connectivity index (χ0v) is 9.07. The molecule has 0 aliphatic heterocycles. The maximum absolute atomic E-state index is 10.4. The zero-order valence-electron chi connectivity index (χ0n) is 9.07. The molecule has 0 aliphatic carbocycles. The molecule has 0 heterocycles. The minimum Gasteiger partial charge on any atom is -0.493 e. The lowest BCUT2D eigenvalue weighted by Crippen LogP contribution is -1.97. The molecule has 0 spiro atoms. The highest BCUT2D eigenvalue weighted by atomic mass is 16.5. The highest BCUT2D eigenvalue weighted by Gasteiger charge is 2.12. The Morgan fingerprint density at radius 1 is 1.07 bits per heavy atom. The maximum atomic E-state index is 10.4. The lowest BCUT2D eigenvalue weighted by Gasteiger charge is -2.13. The highest BCUT2D eigenvalue weighted by Crippen LogP contribution is 2.38. The molecule has 0 bridgehead atoms. The number of hydrogen-bond donors (Lipinski definition) is 0. The van der Waals surface area contributed by atoms with E-state index in [0.29, 0.717) is 23.7 Å². The van der Waals surface area contributed by atoms with Crippen LogP contribution < -0.4 is 14.2 Å². The second-order valence-electron chi connectivity index (χ2n) is 2.90. The number of rotatable bonds is 5. The van der Waals surface area contributed by atoms with Crippen LogP contribution in [0.25, 0.3) is 0 Å². The Kier molecular flexibility index (Phi) is 3.97. The maximum Gasteiger partial charge on any atom is 0.203 e. The first-order chi connectivity index (χ1) is 7.26. The molecular weight excluding hydrogens is 196 g/mol. The molecule has 82 valence electrons. The number of carbonyl (C=O) groups excluding carboxylic acids is 1. The summed E-state index contributed by atoms with van der Waals surface area (Å²) in [7, 11) is 4.63. The molecule has 4 nitrogen and oxygen atoms in total. The number of benzene rings is 1. The van der Waals surface area contributed by atoms with Crippen LogP contribution in [0, 0.1) is 0 Å². The molecular formula is C11H14O4. The van der Waals surface area contributed by atoms with Gasteiger partial charge >= 0.3 is 0 Å². The van der Waals surface area contributed by atoms with Gasteiger partial charge in [0.15, 0.2) is 11.5 Å². The molecule has 0 saturated carbocycles. The monoisotopic (exact) mass is 210 g/mol. The Balaban J connectivity index is 3.22.